The van der Waals surface area contributed by atoms with E-state index in [1.54, 1.807) is 0 Å². The molecular formula is C12H14N2O3. The molecule has 1 aromatic rings. The van der Waals surface area contributed by atoms with Crippen LogP contribution in [0.1, 0.15) is 5.56 Å². The molecule has 90 valence electrons. The van der Waals surface area contributed by atoms with Crippen LogP contribution in [-0.2, 0) is 20.8 Å². The largest absolute Gasteiger partial charge is 0.348 e. The maximum absolute atomic E-state index is 11.6. The van der Waals surface area contributed by atoms with E-state index in [0.717, 1.165) is 5.56 Å². The monoisotopic (exact) mass is 234 g/mol. The predicted molar refractivity (Wildman–Crippen MR) is 62.2 cm³/mol. The van der Waals surface area contributed by atoms with E-state index in [4.69, 9.17) is 0 Å². The second-order valence-electron chi connectivity index (χ2n) is 3.44. The highest BCUT2D eigenvalue weighted by Gasteiger charge is 2.17. The van der Waals surface area contributed by atoms with Gasteiger partial charge in [-0.25, -0.2) is 0 Å². The average Bonchev–Trinajstić information content (AvgIpc) is 2.36. The lowest BCUT2D eigenvalue weighted by Gasteiger charge is -2.14. The molecule has 1 atom stereocenters. The van der Waals surface area contributed by atoms with Crippen LogP contribution in [0.25, 0.3) is 0 Å². The molecule has 0 aromatic heterocycles. The number of benzene rings is 1. The van der Waals surface area contributed by atoms with Crippen LogP contribution < -0.4 is 10.6 Å². The van der Waals surface area contributed by atoms with Gasteiger partial charge in [-0.2, -0.15) is 0 Å². The molecule has 0 aliphatic carbocycles. The van der Waals surface area contributed by atoms with E-state index in [2.05, 4.69) is 10.6 Å². The van der Waals surface area contributed by atoms with Crippen LogP contribution in [-0.4, -0.2) is 31.2 Å². The van der Waals surface area contributed by atoms with Crippen molar-refractivity contribution < 1.29 is 14.4 Å². The van der Waals surface area contributed by atoms with Crippen molar-refractivity contribution in [3.8, 4) is 0 Å². The first-order valence-corrected chi connectivity index (χ1v) is 5.23. The first kappa shape index (κ1) is 12.9. The predicted octanol–water partition coefficient (Wildman–Crippen LogP) is -0.341. The van der Waals surface area contributed by atoms with Crippen molar-refractivity contribution in [3.05, 3.63) is 35.9 Å². The van der Waals surface area contributed by atoms with Crippen molar-refractivity contribution >= 4 is 18.6 Å². The highest BCUT2D eigenvalue weighted by molar-refractivity contribution is 5.85. The Morgan fingerprint density at radius 3 is 2.53 bits per heavy atom. The molecule has 0 saturated heterocycles. The SMILES string of the molecule is O=CCNC(=O)C(Cc1ccccc1)NC=O. The Hall–Kier alpha value is -2.17. The molecule has 0 radical (unpaired) electrons. The number of hydrogen-bond acceptors (Lipinski definition) is 3. The Labute approximate surface area is 99.2 Å². The number of amides is 2. The maximum atomic E-state index is 11.6. The molecular weight excluding hydrogens is 220 g/mol. The van der Waals surface area contributed by atoms with Crippen molar-refractivity contribution in [2.45, 2.75) is 12.5 Å². The number of carbonyl (C=O) groups excluding carboxylic acids is 3. The lowest BCUT2D eigenvalue weighted by atomic mass is 10.1. The molecule has 0 fully saturated rings. The fourth-order valence-corrected chi connectivity index (χ4v) is 1.42. The highest BCUT2D eigenvalue weighted by atomic mass is 16.2. The molecule has 1 aromatic carbocycles. The molecule has 2 N–H and O–H groups in total. The summed E-state index contributed by atoms with van der Waals surface area (Å²) in [5.41, 5.74) is 0.938. The Morgan fingerprint density at radius 2 is 1.94 bits per heavy atom. The lowest BCUT2D eigenvalue weighted by Crippen LogP contribution is -2.45. The molecule has 2 amide bonds. The zero-order valence-electron chi connectivity index (χ0n) is 9.26. The lowest BCUT2D eigenvalue weighted by molar-refractivity contribution is -0.126. The number of nitrogens with one attached hydrogen (secondary N) is 2. The molecule has 0 spiro atoms. The van der Waals surface area contributed by atoms with Crippen LogP contribution in [0.2, 0.25) is 0 Å². The van der Waals surface area contributed by atoms with Gasteiger partial charge in [0.25, 0.3) is 0 Å². The number of rotatable bonds is 7. The third kappa shape index (κ3) is 4.46. The summed E-state index contributed by atoms with van der Waals surface area (Å²) in [6, 6.07) is 8.67. The summed E-state index contributed by atoms with van der Waals surface area (Å²) in [7, 11) is 0. The van der Waals surface area contributed by atoms with E-state index < -0.39 is 6.04 Å². The molecule has 0 aliphatic rings. The van der Waals surface area contributed by atoms with E-state index in [-0.39, 0.29) is 12.5 Å². The van der Waals surface area contributed by atoms with Crippen LogP contribution in [0, 0.1) is 0 Å². The van der Waals surface area contributed by atoms with Gasteiger partial charge in [-0.3, -0.25) is 9.59 Å². The van der Waals surface area contributed by atoms with Gasteiger partial charge < -0.3 is 15.4 Å². The van der Waals surface area contributed by atoms with Gasteiger partial charge in [0, 0.05) is 6.42 Å². The van der Waals surface area contributed by atoms with Gasteiger partial charge in [-0.05, 0) is 5.56 Å². The molecule has 0 heterocycles. The molecule has 0 bridgehead atoms. The van der Waals surface area contributed by atoms with Crippen LogP contribution >= 0.6 is 0 Å². The molecule has 17 heavy (non-hydrogen) atoms. The zero-order valence-corrected chi connectivity index (χ0v) is 9.26. The minimum atomic E-state index is -0.658. The summed E-state index contributed by atoms with van der Waals surface area (Å²) in [6.07, 6.45) is 1.47. The Balaban J connectivity index is 2.62. The first-order chi connectivity index (χ1) is 8.27. The fraction of sp³-hybridized carbons (Fsp3) is 0.250. The van der Waals surface area contributed by atoms with Gasteiger partial charge in [-0.1, -0.05) is 30.3 Å². The molecule has 0 aliphatic heterocycles. The maximum Gasteiger partial charge on any atom is 0.243 e. The summed E-state index contributed by atoms with van der Waals surface area (Å²) in [4.78, 5) is 32.2. The van der Waals surface area contributed by atoms with Crippen LogP contribution in [0.3, 0.4) is 0 Å². The zero-order chi connectivity index (χ0) is 12.5. The number of carbonyl (C=O) groups is 3. The first-order valence-electron chi connectivity index (χ1n) is 5.23. The van der Waals surface area contributed by atoms with E-state index in [1.807, 2.05) is 30.3 Å². The summed E-state index contributed by atoms with van der Waals surface area (Å²) >= 11 is 0. The summed E-state index contributed by atoms with van der Waals surface area (Å²) < 4.78 is 0. The average molecular weight is 234 g/mol. The molecule has 0 saturated carbocycles. The third-order valence-electron chi connectivity index (χ3n) is 2.23. The van der Waals surface area contributed by atoms with Crippen LogP contribution in [0.15, 0.2) is 30.3 Å². The van der Waals surface area contributed by atoms with Crippen LogP contribution in [0.4, 0.5) is 0 Å². The van der Waals surface area contributed by atoms with Crippen molar-refractivity contribution in [3.63, 3.8) is 0 Å². The van der Waals surface area contributed by atoms with Gasteiger partial charge >= 0.3 is 0 Å². The highest BCUT2D eigenvalue weighted by Crippen LogP contribution is 2.02. The van der Waals surface area contributed by atoms with Gasteiger partial charge in [-0.15, -0.1) is 0 Å². The van der Waals surface area contributed by atoms with Gasteiger partial charge in [0.1, 0.15) is 12.3 Å². The second kappa shape index (κ2) is 7.16. The summed E-state index contributed by atoms with van der Waals surface area (Å²) in [5, 5.41) is 4.84. The van der Waals surface area contributed by atoms with Crippen molar-refractivity contribution in [2.24, 2.45) is 0 Å². The van der Waals surface area contributed by atoms with Gasteiger partial charge in [0.2, 0.25) is 12.3 Å². The molecule has 5 heteroatoms. The summed E-state index contributed by atoms with van der Waals surface area (Å²) in [5.74, 6) is -0.368. The Morgan fingerprint density at radius 1 is 1.24 bits per heavy atom. The van der Waals surface area contributed by atoms with E-state index in [9.17, 15) is 14.4 Å². The third-order valence-corrected chi connectivity index (χ3v) is 2.23. The fourth-order valence-electron chi connectivity index (χ4n) is 1.42. The van der Waals surface area contributed by atoms with Crippen molar-refractivity contribution in [1.82, 2.24) is 10.6 Å². The smallest absolute Gasteiger partial charge is 0.243 e. The second-order valence-corrected chi connectivity index (χ2v) is 3.44. The normalized spacial score (nSPS) is 11.3. The molecule has 5 nitrogen and oxygen atoms in total. The quantitative estimate of drug-likeness (QED) is 0.634. The minimum absolute atomic E-state index is 0.0509. The molecule has 1 unspecified atom stereocenters. The van der Waals surface area contributed by atoms with E-state index in [1.165, 1.54) is 0 Å². The van der Waals surface area contributed by atoms with Crippen molar-refractivity contribution in [1.29, 1.82) is 0 Å². The Bertz CT molecular complexity index is 379. The van der Waals surface area contributed by atoms with Crippen LogP contribution in [0.5, 0.6) is 0 Å². The molecule has 1 rings (SSSR count). The topological polar surface area (TPSA) is 75.3 Å². The van der Waals surface area contributed by atoms with E-state index in [0.29, 0.717) is 19.1 Å². The van der Waals surface area contributed by atoms with Gasteiger partial charge in [0.15, 0.2) is 0 Å². The van der Waals surface area contributed by atoms with Gasteiger partial charge in [0.05, 0.1) is 6.54 Å². The number of hydrogen-bond donors (Lipinski definition) is 2. The van der Waals surface area contributed by atoms with E-state index >= 15 is 0 Å². The Kier molecular flexibility index (Phi) is 5.43. The van der Waals surface area contributed by atoms with Crippen molar-refractivity contribution in [2.75, 3.05) is 6.54 Å². The number of aldehydes is 1. The summed E-state index contributed by atoms with van der Waals surface area (Å²) in [6.45, 7) is -0.0509. The standard InChI is InChI=1S/C12H14N2O3/c15-7-6-13-12(17)11(14-9-16)8-10-4-2-1-3-5-10/h1-5,7,9,11H,6,8H2,(H,13,17)(H,14,16). The minimum Gasteiger partial charge on any atom is -0.348 e.